The minimum Gasteiger partial charge on any atom is -0.481 e. The van der Waals surface area contributed by atoms with E-state index in [1.165, 1.54) is 0 Å². The minimum atomic E-state index is -0.630. The number of allylic oxidation sites excluding steroid dienone is 1. The zero-order chi connectivity index (χ0) is 20.2. The molecule has 1 N–H and O–H groups in total. The van der Waals surface area contributed by atoms with E-state index in [0.717, 1.165) is 62.7 Å². The Balaban J connectivity index is 1.51. The van der Waals surface area contributed by atoms with Gasteiger partial charge in [-0.25, -0.2) is 0 Å². The molecule has 0 aromatic carbocycles. The average Bonchev–Trinajstić information content (AvgIpc) is 3.48. The van der Waals surface area contributed by atoms with Crippen molar-refractivity contribution in [2.45, 2.75) is 57.3 Å². The minimum absolute atomic E-state index is 0.0540. The number of rotatable bonds is 5. The fraction of sp³-hybridized carbons (Fsp3) is 0.500. The number of nitrogens with zero attached hydrogens (tertiary/aromatic N) is 2. The van der Waals surface area contributed by atoms with Crippen LogP contribution in [0.4, 0.5) is 0 Å². The summed E-state index contributed by atoms with van der Waals surface area (Å²) in [6, 6.07) is 0. The Morgan fingerprint density at radius 3 is 2.28 bits per heavy atom. The maximum atomic E-state index is 11.7. The van der Waals surface area contributed by atoms with Crippen LogP contribution in [0.1, 0.15) is 68.6 Å². The van der Waals surface area contributed by atoms with Gasteiger partial charge in [0.2, 0.25) is 0 Å². The van der Waals surface area contributed by atoms with Gasteiger partial charge in [-0.1, -0.05) is 40.5 Å². The van der Waals surface area contributed by atoms with Gasteiger partial charge in [0, 0.05) is 29.4 Å². The molecule has 4 saturated carbocycles. The highest BCUT2D eigenvalue weighted by Crippen LogP contribution is 2.58. The Morgan fingerprint density at radius 1 is 1.10 bits per heavy atom. The molecule has 0 radical (unpaired) electrons. The van der Waals surface area contributed by atoms with Gasteiger partial charge >= 0.3 is 5.97 Å². The average molecular weight is 433 g/mol. The van der Waals surface area contributed by atoms with Gasteiger partial charge in [-0.3, -0.25) is 9.78 Å². The van der Waals surface area contributed by atoms with Crippen molar-refractivity contribution >= 4 is 35.2 Å². The number of fused-ring (bicyclic) bond motifs is 3. The molecule has 6 rings (SSSR count). The van der Waals surface area contributed by atoms with Crippen molar-refractivity contribution in [2.75, 3.05) is 0 Å². The molecule has 152 valence electrons. The van der Waals surface area contributed by atoms with Gasteiger partial charge in [0.1, 0.15) is 11.5 Å². The van der Waals surface area contributed by atoms with Crippen molar-refractivity contribution in [3.8, 4) is 11.3 Å². The lowest BCUT2D eigenvalue weighted by Crippen LogP contribution is -2.45. The quantitative estimate of drug-likeness (QED) is 0.594. The van der Waals surface area contributed by atoms with E-state index in [2.05, 4.69) is 22.3 Å². The molecular weight excluding hydrogens is 411 g/mol. The number of hydrogen-bond acceptors (Lipinski definition) is 4. The van der Waals surface area contributed by atoms with Crippen molar-refractivity contribution in [1.29, 1.82) is 0 Å². The van der Waals surface area contributed by atoms with E-state index >= 15 is 0 Å². The number of carbonyl (C=O) groups is 1. The Kier molecular flexibility index (Phi) is 4.52. The Hall–Kier alpha value is -1.85. The monoisotopic (exact) mass is 432 g/mol. The summed E-state index contributed by atoms with van der Waals surface area (Å²) in [5, 5.41) is 14.8. The van der Waals surface area contributed by atoms with Crippen molar-refractivity contribution < 1.29 is 14.4 Å². The summed E-state index contributed by atoms with van der Waals surface area (Å²) in [6.45, 7) is 0. The summed E-state index contributed by atoms with van der Waals surface area (Å²) in [6.07, 6.45) is 14.7. The molecule has 0 atom stereocenters. The van der Waals surface area contributed by atoms with Crippen LogP contribution < -0.4 is 0 Å². The third-order valence-electron chi connectivity index (χ3n) is 7.16. The Bertz CT molecular complexity index is 965. The second-order valence-electron chi connectivity index (χ2n) is 8.84. The molecule has 0 spiro atoms. The maximum absolute atomic E-state index is 11.7. The molecule has 2 aromatic heterocycles. The molecule has 2 heterocycles. The first-order valence-corrected chi connectivity index (χ1v) is 10.9. The summed E-state index contributed by atoms with van der Waals surface area (Å²) < 4.78 is 5.73. The fourth-order valence-electron chi connectivity index (χ4n) is 4.97. The molecule has 4 aliphatic carbocycles. The standard InChI is InChI=1S/C22H22Cl2N2O3/c23-15-11-25-12-16(24)17(15)18-14(19(29-26-18)13-1-2-13)3-4-21-5-8-22(9-6-21,10-7-21)20(27)28/h3-4,11-13H,1-2,5-10H2,(H,27,28)/b4-3+. The van der Waals surface area contributed by atoms with E-state index in [4.69, 9.17) is 27.7 Å². The molecule has 0 amide bonds. The van der Waals surface area contributed by atoms with Crippen LogP contribution in [0.25, 0.3) is 17.3 Å². The Labute approximate surface area is 179 Å². The number of carboxylic acid groups (broad SMARTS) is 1. The second kappa shape index (κ2) is 6.85. The molecule has 4 aliphatic rings. The molecule has 0 aliphatic heterocycles. The first-order chi connectivity index (χ1) is 13.9. The molecule has 0 saturated heterocycles. The van der Waals surface area contributed by atoms with Crippen LogP contribution in [0.15, 0.2) is 23.0 Å². The number of carboxylic acids is 1. The van der Waals surface area contributed by atoms with E-state index in [0.29, 0.717) is 27.2 Å². The molecular formula is C22H22Cl2N2O3. The van der Waals surface area contributed by atoms with Crippen molar-refractivity contribution in [2.24, 2.45) is 10.8 Å². The largest absolute Gasteiger partial charge is 0.481 e. The van der Waals surface area contributed by atoms with Crippen molar-refractivity contribution in [1.82, 2.24) is 10.1 Å². The molecule has 7 heteroatoms. The maximum Gasteiger partial charge on any atom is 0.309 e. The lowest BCUT2D eigenvalue weighted by molar-refractivity contribution is -0.157. The van der Waals surface area contributed by atoms with Crippen LogP contribution in [0, 0.1) is 10.8 Å². The molecule has 4 fully saturated rings. The predicted octanol–water partition coefficient (Wildman–Crippen LogP) is 6.36. The lowest BCUT2D eigenvalue weighted by Gasteiger charge is -2.50. The third-order valence-corrected chi connectivity index (χ3v) is 7.73. The highest BCUT2D eigenvalue weighted by molar-refractivity contribution is 6.39. The molecule has 5 nitrogen and oxygen atoms in total. The summed E-state index contributed by atoms with van der Waals surface area (Å²) >= 11 is 12.8. The summed E-state index contributed by atoms with van der Waals surface area (Å²) in [5.74, 6) is 0.655. The van der Waals surface area contributed by atoms with Gasteiger partial charge in [0.15, 0.2) is 0 Å². The van der Waals surface area contributed by atoms with Crippen LogP contribution in [0.2, 0.25) is 10.0 Å². The summed E-state index contributed by atoms with van der Waals surface area (Å²) in [4.78, 5) is 15.7. The van der Waals surface area contributed by atoms with Crippen LogP contribution in [0.3, 0.4) is 0 Å². The van der Waals surface area contributed by atoms with Gasteiger partial charge in [-0.2, -0.15) is 0 Å². The summed E-state index contributed by atoms with van der Waals surface area (Å²) in [5.41, 5.74) is 1.79. The van der Waals surface area contributed by atoms with Crippen LogP contribution in [0.5, 0.6) is 0 Å². The molecule has 0 unspecified atom stereocenters. The Morgan fingerprint density at radius 2 is 1.72 bits per heavy atom. The van der Waals surface area contributed by atoms with Gasteiger partial charge in [-0.05, 0) is 56.8 Å². The summed E-state index contributed by atoms with van der Waals surface area (Å²) in [7, 11) is 0. The molecule has 2 bridgehead atoms. The zero-order valence-electron chi connectivity index (χ0n) is 16.0. The first kappa shape index (κ1) is 19.1. The zero-order valence-corrected chi connectivity index (χ0v) is 17.5. The molecule has 2 aromatic rings. The van der Waals surface area contributed by atoms with E-state index in [9.17, 15) is 9.90 Å². The predicted molar refractivity (Wildman–Crippen MR) is 111 cm³/mol. The third kappa shape index (κ3) is 3.19. The van der Waals surface area contributed by atoms with Crippen LogP contribution in [-0.2, 0) is 4.79 Å². The number of hydrogen-bond donors (Lipinski definition) is 1. The lowest BCUT2D eigenvalue weighted by atomic mass is 9.53. The first-order valence-electron chi connectivity index (χ1n) is 10.1. The normalized spacial score (nSPS) is 28.9. The highest BCUT2D eigenvalue weighted by atomic mass is 35.5. The SMILES string of the molecule is O=C(O)C12CCC(/C=C/c3c(-c4c(Cl)cncc4Cl)noc3C3CC3)(CC1)CC2. The number of pyridine rings is 1. The number of aliphatic carboxylic acids is 1. The smallest absolute Gasteiger partial charge is 0.309 e. The van der Waals surface area contributed by atoms with Gasteiger partial charge in [-0.15, -0.1) is 0 Å². The van der Waals surface area contributed by atoms with Gasteiger partial charge < -0.3 is 9.63 Å². The van der Waals surface area contributed by atoms with Gasteiger partial charge in [0.25, 0.3) is 0 Å². The van der Waals surface area contributed by atoms with E-state index in [1.807, 2.05) is 0 Å². The second-order valence-corrected chi connectivity index (χ2v) is 9.66. The highest BCUT2D eigenvalue weighted by Gasteiger charge is 2.51. The fourth-order valence-corrected chi connectivity index (χ4v) is 5.52. The van der Waals surface area contributed by atoms with Crippen LogP contribution >= 0.6 is 23.2 Å². The van der Waals surface area contributed by atoms with Crippen molar-refractivity contribution in [3.63, 3.8) is 0 Å². The van der Waals surface area contributed by atoms with Crippen molar-refractivity contribution in [3.05, 3.63) is 39.8 Å². The number of aromatic nitrogens is 2. The number of halogens is 2. The van der Waals surface area contributed by atoms with Gasteiger partial charge in [0.05, 0.1) is 15.5 Å². The topological polar surface area (TPSA) is 76.2 Å². The molecule has 29 heavy (non-hydrogen) atoms. The van der Waals surface area contributed by atoms with Crippen LogP contribution in [-0.4, -0.2) is 21.2 Å². The van der Waals surface area contributed by atoms with E-state index in [-0.39, 0.29) is 5.41 Å². The van der Waals surface area contributed by atoms with E-state index in [1.54, 1.807) is 12.4 Å². The van der Waals surface area contributed by atoms with E-state index < -0.39 is 11.4 Å².